The number of nitrogens with zero attached hydrogens (tertiary/aromatic N) is 2. The lowest BCUT2D eigenvalue weighted by atomic mass is 9.81. The first kappa shape index (κ1) is 55.5. The molecule has 14 nitrogen and oxygen atoms in total. The fourth-order valence-corrected chi connectivity index (χ4v) is 9.05. The van der Waals surface area contributed by atoms with Crippen molar-refractivity contribution < 1.29 is 52.1 Å². The summed E-state index contributed by atoms with van der Waals surface area (Å²) in [5.41, 5.74) is 7.65. The number of nitrogens with one attached hydrogen (secondary N) is 2. The SMILES string of the molecule is C[N+]1=C(/C=C/C=C2\N(CCCCCC(=O)NCCOCCOCCOCCOCCOCCOCCOCCNC(=O)OC3/C=C/CCCCC3)c3ccccc3C2(C)C)C(C)(C)c2ccccc21. The number of carbonyl (C=O) groups excluding carboxylic acids is 2. The van der Waals surface area contributed by atoms with Gasteiger partial charge >= 0.3 is 6.09 Å². The minimum absolute atomic E-state index is 0.0604. The number of hydrogen-bond donors (Lipinski definition) is 2. The Labute approximate surface area is 412 Å². The molecule has 1 aliphatic carbocycles. The average molecular weight is 960 g/mol. The molecule has 1 unspecified atom stereocenters. The zero-order valence-corrected chi connectivity index (χ0v) is 42.4. The first-order valence-electron chi connectivity index (χ1n) is 25.5. The number of fused-ring (bicyclic) bond motifs is 2. The number of para-hydroxylation sites is 2. The van der Waals surface area contributed by atoms with Crippen LogP contribution in [0.4, 0.5) is 16.2 Å². The van der Waals surface area contributed by atoms with Crippen molar-refractivity contribution in [2.45, 2.75) is 102 Å². The Morgan fingerprint density at radius 2 is 1.23 bits per heavy atom. The topological polar surface area (TPSA) is 138 Å². The van der Waals surface area contributed by atoms with Crippen molar-refractivity contribution in [3.05, 3.63) is 95.7 Å². The van der Waals surface area contributed by atoms with Crippen LogP contribution in [-0.2, 0) is 53.5 Å². The standard InChI is InChI=1S/C55H82N4O10/c1-54(2)46-21-13-15-23-48(46)58(5)50(54)25-18-26-51-55(3,4)47-22-14-16-24-49(47)59(51)30-17-9-12-27-52(60)56-28-31-62-33-35-64-37-39-66-41-43-68-44-42-67-40-38-65-36-34-63-32-29-57-53(61)69-45-19-10-7-6-8-11-20-45/h10,13-16,18-19,21-26,45H,6-9,11-12,17,20,27-44H2,1-5H3,(H-,56,57,60,61)/p+1/b19-10+. The molecule has 2 aromatic carbocycles. The number of allylic oxidation sites excluding steroid dienone is 5. The van der Waals surface area contributed by atoms with Gasteiger partial charge in [-0.2, -0.15) is 4.58 Å². The van der Waals surface area contributed by atoms with Crippen molar-refractivity contribution >= 4 is 29.1 Å². The largest absolute Gasteiger partial charge is 0.442 e. The van der Waals surface area contributed by atoms with Crippen molar-refractivity contribution in [2.75, 3.05) is 124 Å². The zero-order valence-electron chi connectivity index (χ0n) is 42.4. The lowest BCUT2D eigenvalue weighted by Crippen LogP contribution is -2.31. The van der Waals surface area contributed by atoms with Crippen LogP contribution in [0.15, 0.2) is 84.6 Å². The minimum atomic E-state index is -0.406. The highest BCUT2D eigenvalue weighted by atomic mass is 16.6. The Morgan fingerprint density at radius 3 is 1.86 bits per heavy atom. The summed E-state index contributed by atoms with van der Waals surface area (Å²) < 4.78 is 46.6. The van der Waals surface area contributed by atoms with Crippen LogP contribution in [0.25, 0.3) is 0 Å². The molecule has 3 aliphatic rings. The predicted octanol–water partition coefficient (Wildman–Crippen LogP) is 8.34. The van der Waals surface area contributed by atoms with Gasteiger partial charge in [-0.15, -0.1) is 0 Å². The highest BCUT2D eigenvalue weighted by Crippen LogP contribution is 2.48. The van der Waals surface area contributed by atoms with E-state index < -0.39 is 6.09 Å². The lowest BCUT2D eigenvalue weighted by molar-refractivity contribution is -0.401. The molecule has 0 aromatic heterocycles. The number of ether oxygens (including phenoxy) is 8. The Morgan fingerprint density at radius 1 is 0.667 bits per heavy atom. The maximum atomic E-state index is 12.5. The van der Waals surface area contributed by atoms with Gasteiger partial charge in [0.05, 0.1) is 97.9 Å². The minimum Gasteiger partial charge on any atom is -0.442 e. The van der Waals surface area contributed by atoms with E-state index in [-0.39, 0.29) is 22.8 Å². The van der Waals surface area contributed by atoms with E-state index in [0.29, 0.717) is 112 Å². The third kappa shape index (κ3) is 18.7. The number of amides is 2. The molecular weight excluding hydrogens is 877 g/mol. The van der Waals surface area contributed by atoms with E-state index in [1.807, 2.05) is 6.08 Å². The molecule has 1 atom stereocenters. The molecule has 0 saturated carbocycles. The molecule has 382 valence electrons. The second-order valence-corrected chi connectivity index (χ2v) is 18.7. The highest BCUT2D eigenvalue weighted by molar-refractivity contribution is 6.03. The van der Waals surface area contributed by atoms with Crippen LogP contribution in [-0.4, -0.2) is 148 Å². The van der Waals surface area contributed by atoms with Gasteiger partial charge in [-0.3, -0.25) is 4.79 Å². The number of unbranched alkanes of at least 4 members (excludes halogenated alkanes) is 2. The third-order valence-electron chi connectivity index (χ3n) is 12.8. The van der Waals surface area contributed by atoms with Crippen molar-refractivity contribution in [3.8, 4) is 0 Å². The Bertz CT molecular complexity index is 1960. The first-order chi connectivity index (χ1) is 33.6. The Kier molecular flexibility index (Phi) is 25.0. The first-order valence-corrected chi connectivity index (χ1v) is 25.5. The molecule has 2 N–H and O–H groups in total. The normalized spacial score (nSPS) is 18.3. The van der Waals surface area contributed by atoms with Crippen LogP contribution in [0.5, 0.6) is 0 Å². The van der Waals surface area contributed by atoms with E-state index in [2.05, 4.69) is 128 Å². The van der Waals surface area contributed by atoms with E-state index in [9.17, 15) is 9.59 Å². The number of carbonyl (C=O) groups is 2. The van der Waals surface area contributed by atoms with Crippen molar-refractivity contribution in [1.29, 1.82) is 0 Å². The van der Waals surface area contributed by atoms with Crippen LogP contribution in [0, 0.1) is 0 Å². The fourth-order valence-electron chi connectivity index (χ4n) is 9.05. The number of anilines is 1. The summed E-state index contributed by atoms with van der Waals surface area (Å²) >= 11 is 0. The van der Waals surface area contributed by atoms with Crippen LogP contribution in [0.1, 0.15) is 96.6 Å². The molecule has 0 fully saturated rings. The molecule has 0 radical (unpaired) electrons. The average Bonchev–Trinajstić information content (AvgIpc) is 3.66. The summed E-state index contributed by atoms with van der Waals surface area (Å²) in [4.78, 5) is 27.0. The van der Waals surface area contributed by atoms with E-state index in [1.165, 1.54) is 46.8 Å². The maximum Gasteiger partial charge on any atom is 0.407 e. The molecule has 0 spiro atoms. The molecule has 0 bridgehead atoms. The Balaban J connectivity index is 0.780. The summed E-state index contributed by atoms with van der Waals surface area (Å²) in [5.74, 6) is 0.0604. The lowest BCUT2D eigenvalue weighted by Gasteiger charge is -2.27. The second-order valence-electron chi connectivity index (χ2n) is 18.7. The number of hydrogen-bond acceptors (Lipinski definition) is 11. The van der Waals surface area contributed by atoms with E-state index in [4.69, 9.17) is 37.9 Å². The van der Waals surface area contributed by atoms with Gasteiger partial charge in [0.1, 0.15) is 13.2 Å². The monoisotopic (exact) mass is 960 g/mol. The number of rotatable bonds is 33. The van der Waals surface area contributed by atoms with Crippen molar-refractivity contribution in [2.24, 2.45) is 0 Å². The summed E-state index contributed by atoms with van der Waals surface area (Å²) in [6, 6.07) is 17.4. The van der Waals surface area contributed by atoms with Gasteiger partial charge in [-0.25, -0.2) is 4.79 Å². The van der Waals surface area contributed by atoms with Gasteiger partial charge < -0.3 is 53.4 Å². The molecule has 69 heavy (non-hydrogen) atoms. The van der Waals surface area contributed by atoms with E-state index in [0.717, 1.165) is 45.1 Å². The number of alkyl carbamates (subject to hydrolysis) is 1. The van der Waals surface area contributed by atoms with Crippen LogP contribution >= 0.6 is 0 Å². The van der Waals surface area contributed by atoms with E-state index in [1.54, 1.807) is 0 Å². The van der Waals surface area contributed by atoms with E-state index >= 15 is 0 Å². The predicted molar refractivity (Wildman–Crippen MR) is 272 cm³/mol. The summed E-state index contributed by atoms with van der Waals surface area (Å²) in [6.45, 7) is 17.5. The zero-order chi connectivity index (χ0) is 49.0. The smallest absolute Gasteiger partial charge is 0.407 e. The molecule has 14 heteroatoms. The van der Waals surface area contributed by atoms with Gasteiger partial charge in [-0.1, -0.05) is 75.2 Å². The quantitative estimate of drug-likeness (QED) is 0.0406. The Hall–Kier alpha value is -4.41. The van der Waals surface area contributed by atoms with Crippen molar-refractivity contribution in [1.82, 2.24) is 10.6 Å². The van der Waals surface area contributed by atoms with Gasteiger partial charge in [0.15, 0.2) is 5.71 Å². The highest BCUT2D eigenvalue weighted by Gasteiger charge is 2.43. The molecule has 2 heterocycles. The van der Waals surface area contributed by atoms with Gasteiger partial charge in [0, 0.05) is 60.6 Å². The fraction of sp³-hybridized carbons (Fsp3) is 0.618. The molecular formula is C55H83N4O10+. The maximum absolute atomic E-state index is 12.5. The molecule has 2 amide bonds. The van der Waals surface area contributed by atoms with Crippen molar-refractivity contribution in [3.63, 3.8) is 0 Å². The second kappa shape index (κ2) is 31.0. The number of benzene rings is 2. The van der Waals surface area contributed by atoms with Gasteiger partial charge in [0.25, 0.3) is 0 Å². The third-order valence-corrected chi connectivity index (χ3v) is 12.8. The molecule has 5 rings (SSSR count). The molecule has 2 aromatic rings. The van der Waals surface area contributed by atoms with Gasteiger partial charge in [-0.05, 0) is 76.2 Å². The van der Waals surface area contributed by atoms with Crippen LogP contribution in [0.2, 0.25) is 0 Å². The molecule has 2 aliphatic heterocycles. The van der Waals surface area contributed by atoms with Gasteiger partial charge in [0.2, 0.25) is 11.6 Å². The summed E-state index contributed by atoms with van der Waals surface area (Å²) in [6.07, 6.45) is 19.0. The molecule has 0 saturated heterocycles. The van der Waals surface area contributed by atoms with Crippen LogP contribution in [0.3, 0.4) is 0 Å². The summed E-state index contributed by atoms with van der Waals surface area (Å²) in [7, 11) is 2.16. The van der Waals surface area contributed by atoms with Crippen LogP contribution < -0.4 is 15.5 Å². The summed E-state index contributed by atoms with van der Waals surface area (Å²) in [5, 5.41) is 5.71.